The molecule has 15 heavy (non-hydrogen) atoms. The van der Waals surface area contributed by atoms with Crippen LogP contribution in [0.15, 0.2) is 12.2 Å². The molecule has 0 aromatic carbocycles. The van der Waals surface area contributed by atoms with Crippen LogP contribution in [0.25, 0.3) is 0 Å². The first-order valence-corrected chi connectivity index (χ1v) is 5.87. The molecule has 0 aromatic rings. The van der Waals surface area contributed by atoms with E-state index in [1.54, 1.807) is 6.92 Å². The zero-order valence-corrected chi connectivity index (χ0v) is 10.1. The van der Waals surface area contributed by atoms with Crippen LogP contribution in [-0.4, -0.2) is 12.1 Å². The van der Waals surface area contributed by atoms with Gasteiger partial charge in [-0.15, -0.1) is 0 Å². The van der Waals surface area contributed by atoms with Gasteiger partial charge in [0.1, 0.15) is 6.10 Å². The Morgan fingerprint density at radius 2 is 1.80 bits per heavy atom. The van der Waals surface area contributed by atoms with Gasteiger partial charge in [0.05, 0.1) is 0 Å². The van der Waals surface area contributed by atoms with E-state index in [2.05, 4.69) is 20.4 Å². The van der Waals surface area contributed by atoms with Crippen molar-refractivity contribution < 1.29 is 9.53 Å². The highest BCUT2D eigenvalue weighted by Crippen LogP contribution is 2.31. The number of hydrogen-bond donors (Lipinski definition) is 0. The Kier molecular flexibility index (Phi) is 4.37. The summed E-state index contributed by atoms with van der Waals surface area (Å²) in [5.74, 6) is 1.33. The van der Waals surface area contributed by atoms with Crippen molar-refractivity contribution >= 4 is 5.97 Å². The molecule has 0 atom stereocenters. The fraction of sp³-hybridized carbons (Fsp3) is 0.769. The van der Waals surface area contributed by atoms with Gasteiger partial charge >= 0.3 is 5.97 Å². The van der Waals surface area contributed by atoms with Gasteiger partial charge in [-0.25, -0.2) is 4.79 Å². The average molecular weight is 210 g/mol. The average Bonchev–Trinajstić information content (AvgIpc) is 2.18. The molecule has 0 N–H and O–H groups in total. The van der Waals surface area contributed by atoms with Gasteiger partial charge in [0.25, 0.3) is 0 Å². The molecule has 2 nitrogen and oxygen atoms in total. The number of ether oxygens (including phenoxy) is 1. The molecule has 0 saturated heterocycles. The number of hydrogen-bond acceptors (Lipinski definition) is 2. The molecule has 1 aliphatic carbocycles. The first-order chi connectivity index (χ1) is 7.00. The molecule has 0 heterocycles. The number of carbonyl (C=O) groups is 1. The summed E-state index contributed by atoms with van der Waals surface area (Å²) in [6.07, 6.45) is 4.53. The highest BCUT2D eigenvalue weighted by Gasteiger charge is 2.25. The van der Waals surface area contributed by atoms with Crippen molar-refractivity contribution in [1.82, 2.24) is 0 Å². The molecule has 1 aliphatic rings. The topological polar surface area (TPSA) is 26.3 Å². The van der Waals surface area contributed by atoms with Gasteiger partial charge in [-0.2, -0.15) is 0 Å². The van der Waals surface area contributed by atoms with E-state index in [9.17, 15) is 4.79 Å². The predicted molar refractivity (Wildman–Crippen MR) is 61.5 cm³/mol. The summed E-state index contributed by atoms with van der Waals surface area (Å²) in [6.45, 7) is 9.82. The standard InChI is InChI=1S/C13H22O2/c1-9(2)11-5-7-12(8-6-11)15-13(14)10(3)4/h9,11-12H,3,5-8H2,1-2,4H3. The van der Waals surface area contributed by atoms with E-state index in [0.29, 0.717) is 5.57 Å². The Labute approximate surface area is 92.7 Å². The maximum Gasteiger partial charge on any atom is 0.333 e. The minimum absolute atomic E-state index is 0.129. The molecule has 1 rings (SSSR count). The smallest absolute Gasteiger partial charge is 0.333 e. The van der Waals surface area contributed by atoms with Crippen LogP contribution in [-0.2, 0) is 9.53 Å². The summed E-state index contributed by atoms with van der Waals surface area (Å²) in [6, 6.07) is 0. The Morgan fingerprint density at radius 3 is 2.20 bits per heavy atom. The lowest BCUT2D eigenvalue weighted by atomic mass is 9.80. The van der Waals surface area contributed by atoms with E-state index in [1.807, 2.05) is 0 Å². The lowest BCUT2D eigenvalue weighted by Gasteiger charge is -2.30. The molecule has 0 aliphatic heterocycles. The summed E-state index contributed by atoms with van der Waals surface area (Å²) < 4.78 is 5.34. The van der Waals surface area contributed by atoms with Crippen LogP contribution in [0.4, 0.5) is 0 Å². The van der Waals surface area contributed by atoms with Crippen molar-refractivity contribution in [3.05, 3.63) is 12.2 Å². The summed E-state index contributed by atoms with van der Waals surface area (Å²) >= 11 is 0. The Hall–Kier alpha value is -0.790. The highest BCUT2D eigenvalue weighted by molar-refractivity contribution is 5.87. The molecule has 0 unspecified atom stereocenters. The molecule has 0 aromatic heterocycles. The third-order valence-electron chi connectivity index (χ3n) is 3.28. The van der Waals surface area contributed by atoms with Crippen molar-refractivity contribution in [1.29, 1.82) is 0 Å². The maximum absolute atomic E-state index is 11.3. The largest absolute Gasteiger partial charge is 0.459 e. The van der Waals surface area contributed by atoms with Gasteiger partial charge in [0.15, 0.2) is 0 Å². The lowest BCUT2D eigenvalue weighted by Crippen LogP contribution is -2.26. The van der Waals surface area contributed by atoms with Gasteiger partial charge in [0.2, 0.25) is 0 Å². The van der Waals surface area contributed by atoms with Crippen molar-refractivity contribution in [2.24, 2.45) is 11.8 Å². The predicted octanol–water partition coefficient (Wildman–Crippen LogP) is 3.32. The molecule has 86 valence electrons. The van der Waals surface area contributed by atoms with Crippen LogP contribution in [0.1, 0.15) is 46.5 Å². The molecule has 1 fully saturated rings. The molecular weight excluding hydrogens is 188 g/mol. The SMILES string of the molecule is C=C(C)C(=O)OC1CCC(C(C)C)CC1. The van der Waals surface area contributed by atoms with Gasteiger partial charge < -0.3 is 4.74 Å². The van der Waals surface area contributed by atoms with Crippen molar-refractivity contribution in [2.45, 2.75) is 52.6 Å². The Morgan fingerprint density at radius 1 is 1.27 bits per heavy atom. The third-order valence-corrected chi connectivity index (χ3v) is 3.28. The quantitative estimate of drug-likeness (QED) is 0.527. The van der Waals surface area contributed by atoms with E-state index < -0.39 is 0 Å². The van der Waals surface area contributed by atoms with Crippen molar-refractivity contribution in [2.75, 3.05) is 0 Å². The highest BCUT2D eigenvalue weighted by atomic mass is 16.5. The van der Waals surface area contributed by atoms with Crippen LogP contribution < -0.4 is 0 Å². The van der Waals surface area contributed by atoms with Gasteiger partial charge in [0, 0.05) is 5.57 Å². The second-order valence-electron chi connectivity index (χ2n) is 4.97. The normalized spacial score (nSPS) is 26.4. The first-order valence-electron chi connectivity index (χ1n) is 5.87. The fourth-order valence-corrected chi connectivity index (χ4v) is 2.13. The minimum atomic E-state index is -0.233. The zero-order chi connectivity index (χ0) is 11.4. The van der Waals surface area contributed by atoms with Crippen LogP contribution in [0.2, 0.25) is 0 Å². The van der Waals surface area contributed by atoms with E-state index >= 15 is 0 Å². The molecule has 0 amide bonds. The number of esters is 1. The van der Waals surface area contributed by atoms with Crippen molar-refractivity contribution in [3.8, 4) is 0 Å². The van der Waals surface area contributed by atoms with E-state index in [4.69, 9.17) is 4.74 Å². The monoisotopic (exact) mass is 210 g/mol. The lowest BCUT2D eigenvalue weighted by molar-refractivity contribution is -0.146. The number of carbonyl (C=O) groups excluding carboxylic acids is 1. The molecule has 0 bridgehead atoms. The molecule has 0 spiro atoms. The zero-order valence-electron chi connectivity index (χ0n) is 10.1. The van der Waals surface area contributed by atoms with Crippen molar-refractivity contribution in [3.63, 3.8) is 0 Å². The van der Waals surface area contributed by atoms with Crippen LogP contribution in [0.5, 0.6) is 0 Å². The van der Waals surface area contributed by atoms with E-state index in [-0.39, 0.29) is 12.1 Å². The van der Waals surface area contributed by atoms with Gasteiger partial charge in [-0.1, -0.05) is 20.4 Å². The third kappa shape index (κ3) is 3.69. The van der Waals surface area contributed by atoms with Crippen LogP contribution in [0.3, 0.4) is 0 Å². The molecule has 2 heteroatoms. The van der Waals surface area contributed by atoms with E-state index in [1.165, 1.54) is 12.8 Å². The Balaban J connectivity index is 2.32. The molecular formula is C13H22O2. The van der Waals surface area contributed by atoms with Gasteiger partial charge in [-0.05, 0) is 44.4 Å². The maximum atomic E-state index is 11.3. The number of rotatable bonds is 3. The fourth-order valence-electron chi connectivity index (χ4n) is 2.13. The molecule has 0 radical (unpaired) electrons. The summed E-state index contributed by atoms with van der Waals surface area (Å²) in [5.41, 5.74) is 0.501. The summed E-state index contributed by atoms with van der Waals surface area (Å²) in [4.78, 5) is 11.3. The molecule has 1 saturated carbocycles. The van der Waals surface area contributed by atoms with Crippen LogP contribution >= 0.6 is 0 Å². The van der Waals surface area contributed by atoms with Crippen LogP contribution in [0, 0.1) is 11.8 Å². The second kappa shape index (κ2) is 5.34. The summed E-state index contributed by atoms with van der Waals surface area (Å²) in [5, 5.41) is 0. The Bertz CT molecular complexity index is 235. The second-order valence-corrected chi connectivity index (χ2v) is 4.97. The van der Waals surface area contributed by atoms with Gasteiger partial charge in [-0.3, -0.25) is 0 Å². The minimum Gasteiger partial charge on any atom is -0.459 e. The summed E-state index contributed by atoms with van der Waals surface area (Å²) in [7, 11) is 0. The first kappa shape index (κ1) is 12.3. The van der Waals surface area contributed by atoms with E-state index in [0.717, 1.165) is 24.7 Å².